The van der Waals surface area contributed by atoms with Gasteiger partial charge in [-0.2, -0.15) is 5.26 Å². The number of carbonyl (C=O) groups is 1. The number of ether oxygens (including phenoxy) is 1. The average molecular weight is 279 g/mol. The normalized spacial score (nSPS) is 15.6. The maximum atomic E-state index is 12.4. The molecule has 0 atom stereocenters. The number of aryl methyl sites for hydroxylation is 1. The molecule has 1 aliphatic rings. The van der Waals surface area contributed by atoms with Crippen LogP contribution in [0.25, 0.3) is 10.8 Å². The monoisotopic (exact) mass is 279 g/mol. The molecule has 0 bridgehead atoms. The second kappa shape index (κ2) is 4.60. The van der Waals surface area contributed by atoms with Gasteiger partial charge in [0, 0.05) is 5.56 Å². The molecule has 3 heteroatoms. The smallest absolute Gasteiger partial charge is 0.322 e. The number of hydrogen-bond acceptors (Lipinski definition) is 3. The van der Waals surface area contributed by atoms with Crippen LogP contribution in [0.1, 0.15) is 43.4 Å². The average Bonchev–Trinajstić information content (AvgIpc) is 2.78. The van der Waals surface area contributed by atoms with Gasteiger partial charge in [0.2, 0.25) is 0 Å². The van der Waals surface area contributed by atoms with Gasteiger partial charge in [-0.1, -0.05) is 19.9 Å². The molecule has 2 aromatic carbocycles. The largest absolute Gasteiger partial charge is 0.426 e. The van der Waals surface area contributed by atoms with Crippen molar-refractivity contribution < 1.29 is 9.53 Å². The molecule has 1 aliphatic heterocycles. The molecule has 0 unspecified atom stereocenters. The second-order valence-electron chi connectivity index (χ2n) is 5.62. The van der Waals surface area contributed by atoms with Crippen molar-refractivity contribution in [3.8, 4) is 11.8 Å². The van der Waals surface area contributed by atoms with Gasteiger partial charge >= 0.3 is 5.97 Å². The van der Waals surface area contributed by atoms with Crippen LogP contribution in [-0.4, -0.2) is 5.97 Å². The van der Waals surface area contributed by atoms with Crippen LogP contribution in [0.15, 0.2) is 24.3 Å². The van der Waals surface area contributed by atoms with Crippen LogP contribution < -0.4 is 4.74 Å². The summed E-state index contributed by atoms with van der Waals surface area (Å²) in [6, 6.07) is 9.88. The predicted octanol–water partition coefficient (Wildman–Crippen LogP) is 4.00. The number of fused-ring (bicyclic) bond motifs is 3. The van der Waals surface area contributed by atoms with Crippen molar-refractivity contribution in [2.45, 2.75) is 39.0 Å². The summed E-state index contributed by atoms with van der Waals surface area (Å²) >= 11 is 0. The number of esters is 1. The number of benzene rings is 2. The topological polar surface area (TPSA) is 50.1 Å². The Hall–Kier alpha value is -2.34. The third-order valence-electron chi connectivity index (χ3n) is 4.73. The van der Waals surface area contributed by atoms with Crippen molar-refractivity contribution in [1.29, 1.82) is 5.26 Å². The first-order valence-corrected chi connectivity index (χ1v) is 7.27. The molecule has 0 fully saturated rings. The van der Waals surface area contributed by atoms with E-state index in [0.717, 1.165) is 21.9 Å². The SMILES string of the molecule is CCC1(CC)C(=O)Oc2ccc3cc(C#N)c(C)cc3c21. The minimum Gasteiger partial charge on any atom is -0.426 e. The quantitative estimate of drug-likeness (QED) is 0.616. The first-order valence-electron chi connectivity index (χ1n) is 7.27. The van der Waals surface area contributed by atoms with E-state index in [4.69, 9.17) is 4.74 Å². The van der Waals surface area contributed by atoms with Crippen molar-refractivity contribution in [2.24, 2.45) is 0 Å². The molecule has 3 rings (SSSR count). The maximum Gasteiger partial charge on any atom is 0.322 e. The molecule has 0 radical (unpaired) electrons. The van der Waals surface area contributed by atoms with Gasteiger partial charge in [0.1, 0.15) is 5.75 Å². The van der Waals surface area contributed by atoms with Crippen molar-refractivity contribution in [1.82, 2.24) is 0 Å². The molecule has 0 saturated carbocycles. The van der Waals surface area contributed by atoms with Gasteiger partial charge in [-0.05, 0) is 54.3 Å². The van der Waals surface area contributed by atoms with E-state index >= 15 is 0 Å². The first-order chi connectivity index (χ1) is 10.1. The third-order valence-corrected chi connectivity index (χ3v) is 4.73. The van der Waals surface area contributed by atoms with Gasteiger partial charge in [0.25, 0.3) is 0 Å². The zero-order chi connectivity index (χ0) is 15.2. The van der Waals surface area contributed by atoms with Crippen LogP contribution in [0.3, 0.4) is 0 Å². The number of carbonyl (C=O) groups excluding carboxylic acids is 1. The predicted molar refractivity (Wildman–Crippen MR) is 81.3 cm³/mol. The number of nitriles is 1. The second-order valence-corrected chi connectivity index (χ2v) is 5.62. The Labute approximate surface area is 124 Å². The Morgan fingerprint density at radius 1 is 1.24 bits per heavy atom. The first kappa shape index (κ1) is 13.6. The summed E-state index contributed by atoms with van der Waals surface area (Å²) in [6.45, 7) is 5.97. The zero-order valence-corrected chi connectivity index (χ0v) is 12.5. The summed E-state index contributed by atoms with van der Waals surface area (Å²) < 4.78 is 5.51. The molecule has 106 valence electrons. The lowest BCUT2D eigenvalue weighted by atomic mass is 9.75. The van der Waals surface area contributed by atoms with Crippen LogP contribution in [0.4, 0.5) is 0 Å². The van der Waals surface area contributed by atoms with E-state index in [1.807, 2.05) is 45.0 Å². The van der Waals surface area contributed by atoms with Gasteiger partial charge < -0.3 is 4.74 Å². The molecule has 0 spiro atoms. The Bertz CT molecular complexity index is 795. The van der Waals surface area contributed by atoms with Crippen LogP contribution in [0.2, 0.25) is 0 Å². The molecule has 3 nitrogen and oxygen atoms in total. The summed E-state index contributed by atoms with van der Waals surface area (Å²) in [4.78, 5) is 12.4. The molecular weight excluding hydrogens is 262 g/mol. The molecule has 0 saturated heterocycles. The molecule has 21 heavy (non-hydrogen) atoms. The highest BCUT2D eigenvalue weighted by Crippen LogP contribution is 2.48. The van der Waals surface area contributed by atoms with E-state index in [2.05, 4.69) is 6.07 Å². The van der Waals surface area contributed by atoms with Crippen LogP contribution in [0.5, 0.6) is 5.75 Å². The Kier molecular flexibility index (Phi) is 2.98. The number of hydrogen-bond donors (Lipinski definition) is 0. The molecule has 2 aromatic rings. The third kappa shape index (κ3) is 1.69. The Balaban J connectivity index is 2.41. The highest BCUT2D eigenvalue weighted by molar-refractivity contribution is 6.01. The maximum absolute atomic E-state index is 12.4. The van der Waals surface area contributed by atoms with Gasteiger partial charge in [-0.15, -0.1) is 0 Å². The fourth-order valence-corrected chi connectivity index (χ4v) is 3.35. The van der Waals surface area contributed by atoms with Crippen LogP contribution in [0, 0.1) is 18.3 Å². The van der Waals surface area contributed by atoms with Crippen molar-refractivity contribution in [3.05, 3.63) is 41.0 Å². The molecule has 0 N–H and O–H groups in total. The van der Waals surface area contributed by atoms with E-state index in [-0.39, 0.29) is 5.97 Å². The minimum atomic E-state index is -0.560. The van der Waals surface area contributed by atoms with Crippen molar-refractivity contribution in [2.75, 3.05) is 0 Å². The highest BCUT2D eigenvalue weighted by Gasteiger charge is 2.47. The van der Waals surface area contributed by atoms with E-state index in [9.17, 15) is 10.1 Å². The van der Waals surface area contributed by atoms with Crippen LogP contribution in [-0.2, 0) is 10.2 Å². The Morgan fingerprint density at radius 2 is 1.95 bits per heavy atom. The zero-order valence-electron chi connectivity index (χ0n) is 12.5. The van der Waals surface area contributed by atoms with Crippen molar-refractivity contribution in [3.63, 3.8) is 0 Å². The van der Waals surface area contributed by atoms with E-state index in [1.165, 1.54) is 0 Å². The van der Waals surface area contributed by atoms with E-state index in [0.29, 0.717) is 24.2 Å². The highest BCUT2D eigenvalue weighted by atomic mass is 16.5. The van der Waals surface area contributed by atoms with Gasteiger partial charge in [-0.25, -0.2) is 0 Å². The summed E-state index contributed by atoms with van der Waals surface area (Å²) in [5.74, 6) is 0.511. The van der Waals surface area contributed by atoms with E-state index in [1.54, 1.807) is 0 Å². The van der Waals surface area contributed by atoms with Crippen molar-refractivity contribution >= 4 is 16.7 Å². The molecule has 0 aromatic heterocycles. The van der Waals surface area contributed by atoms with E-state index < -0.39 is 5.41 Å². The molecule has 0 amide bonds. The fourth-order valence-electron chi connectivity index (χ4n) is 3.35. The lowest BCUT2D eigenvalue weighted by Crippen LogP contribution is -2.32. The summed E-state index contributed by atoms with van der Waals surface area (Å²) in [5, 5.41) is 11.2. The van der Waals surface area contributed by atoms with Crippen LogP contribution >= 0.6 is 0 Å². The molecular formula is C18H17NO2. The lowest BCUT2D eigenvalue weighted by molar-refractivity contribution is -0.138. The van der Waals surface area contributed by atoms with Gasteiger partial charge in [-0.3, -0.25) is 4.79 Å². The Morgan fingerprint density at radius 3 is 2.57 bits per heavy atom. The number of nitrogens with zero attached hydrogens (tertiary/aromatic N) is 1. The van der Waals surface area contributed by atoms with Gasteiger partial charge in [0.05, 0.1) is 17.0 Å². The standard InChI is InChI=1S/C18H17NO2/c1-4-18(5-2)16-14-8-11(3)13(10-19)9-12(14)6-7-15(16)21-17(18)20/h6-9H,4-5H2,1-3H3. The summed E-state index contributed by atoms with van der Waals surface area (Å²) in [7, 11) is 0. The molecule has 0 aliphatic carbocycles. The van der Waals surface area contributed by atoms with Gasteiger partial charge in [0.15, 0.2) is 0 Å². The summed E-state index contributed by atoms with van der Waals surface area (Å²) in [6.07, 6.45) is 1.43. The minimum absolute atomic E-state index is 0.156. The number of rotatable bonds is 2. The lowest BCUT2D eigenvalue weighted by Gasteiger charge is -2.23. The fraction of sp³-hybridized carbons (Fsp3) is 0.333. The summed E-state index contributed by atoms with van der Waals surface area (Å²) in [5.41, 5.74) is 2.03. The molecule has 1 heterocycles.